The van der Waals surface area contributed by atoms with Gasteiger partial charge in [0, 0.05) is 19.3 Å². The first-order chi connectivity index (χ1) is 7.74. The zero-order chi connectivity index (χ0) is 11.8. The van der Waals surface area contributed by atoms with Crippen LogP contribution in [0.4, 0.5) is 0 Å². The molecule has 0 amide bonds. The molecule has 1 rings (SSSR count). The minimum atomic E-state index is 0.383. The van der Waals surface area contributed by atoms with Crippen LogP contribution < -0.4 is 5.32 Å². The molecule has 1 heterocycles. The topological polar surface area (TPSA) is 29.1 Å². The van der Waals surface area contributed by atoms with Gasteiger partial charge < -0.3 is 5.32 Å². The number of unbranched alkanes of at least 4 members (excludes halogenated alkanes) is 1. The summed E-state index contributed by atoms with van der Waals surface area (Å²) in [6, 6.07) is 0. The molecule has 0 spiro atoms. The van der Waals surface area contributed by atoms with Crippen LogP contribution in [0.3, 0.4) is 0 Å². The van der Waals surface area contributed by atoms with Crippen molar-refractivity contribution in [3.63, 3.8) is 0 Å². The van der Waals surface area contributed by atoms with Crippen molar-refractivity contribution < 1.29 is 4.79 Å². The van der Waals surface area contributed by atoms with E-state index in [0.717, 1.165) is 32.4 Å². The predicted molar refractivity (Wildman–Crippen MR) is 67.1 cm³/mol. The monoisotopic (exact) mass is 221 g/mol. The Morgan fingerprint density at radius 2 is 2.44 bits per heavy atom. The largest absolute Gasteiger partial charge is 0.316 e. The van der Waals surface area contributed by atoms with Crippen molar-refractivity contribution in [3.05, 3.63) is 0 Å². The van der Waals surface area contributed by atoms with Gasteiger partial charge >= 0.3 is 0 Å². The highest BCUT2D eigenvalue weighted by Gasteiger charge is 2.21. The molecule has 2 unspecified atom stereocenters. The van der Waals surface area contributed by atoms with Gasteiger partial charge in [0.1, 0.15) is 5.78 Å². The first-order valence-electron chi connectivity index (χ1n) is 6.40. The number of hydrogen-bond acceptors (Lipinski definition) is 2. The van der Waals surface area contributed by atoms with Gasteiger partial charge in [-0.3, -0.25) is 4.79 Å². The molecule has 1 aliphatic rings. The Morgan fingerprint density at radius 1 is 1.62 bits per heavy atom. The highest BCUT2D eigenvalue weighted by molar-refractivity contribution is 5.78. The number of ketones is 1. The second kappa shape index (κ2) is 7.46. The predicted octanol–water partition coefficient (Wildman–Crippen LogP) is 2.38. The first-order valence-corrected chi connectivity index (χ1v) is 6.40. The van der Waals surface area contributed by atoms with Crippen molar-refractivity contribution in [1.82, 2.24) is 5.32 Å². The maximum Gasteiger partial charge on any atom is 0.133 e. The van der Waals surface area contributed by atoms with Gasteiger partial charge in [0.2, 0.25) is 0 Å². The molecule has 0 aromatic heterocycles. The normalized spacial score (nSPS) is 22.4. The molecule has 1 aliphatic heterocycles. The lowest BCUT2D eigenvalue weighted by molar-refractivity contribution is -0.120. The molecular formula is C14H23NO. The maximum absolute atomic E-state index is 11.7. The number of nitrogens with one attached hydrogen (secondary N) is 1. The van der Waals surface area contributed by atoms with Crippen molar-refractivity contribution in [2.75, 3.05) is 13.1 Å². The van der Waals surface area contributed by atoms with Crippen LogP contribution in [0, 0.1) is 24.2 Å². The van der Waals surface area contributed by atoms with Crippen molar-refractivity contribution in [2.24, 2.45) is 11.8 Å². The van der Waals surface area contributed by atoms with Crippen LogP contribution in [0.15, 0.2) is 0 Å². The van der Waals surface area contributed by atoms with Crippen LogP contribution in [0.25, 0.3) is 0 Å². The molecule has 2 heteroatoms. The van der Waals surface area contributed by atoms with Crippen LogP contribution in [0.1, 0.15) is 45.4 Å². The standard InChI is InChI=1S/C14H23NO/c1-3-4-5-8-14(16)10-12(2)13-7-6-9-15-11-13/h1,12-13,15H,4-11H2,2H3. The summed E-state index contributed by atoms with van der Waals surface area (Å²) in [6.45, 7) is 4.43. The van der Waals surface area contributed by atoms with Gasteiger partial charge in [-0.15, -0.1) is 12.3 Å². The molecule has 90 valence electrons. The number of terminal acetylenes is 1. The number of piperidine rings is 1. The van der Waals surface area contributed by atoms with Crippen LogP contribution >= 0.6 is 0 Å². The molecule has 1 fully saturated rings. The maximum atomic E-state index is 11.7. The average molecular weight is 221 g/mol. The third-order valence-electron chi connectivity index (χ3n) is 3.47. The van der Waals surface area contributed by atoms with Crippen molar-refractivity contribution >= 4 is 5.78 Å². The molecule has 0 aromatic rings. The SMILES string of the molecule is C#CCCCC(=O)CC(C)C1CCCNC1. The zero-order valence-electron chi connectivity index (χ0n) is 10.3. The van der Waals surface area contributed by atoms with E-state index in [4.69, 9.17) is 6.42 Å². The lowest BCUT2D eigenvalue weighted by Crippen LogP contribution is -2.33. The van der Waals surface area contributed by atoms with Gasteiger partial charge in [-0.1, -0.05) is 6.92 Å². The molecule has 0 radical (unpaired) electrons. The lowest BCUT2D eigenvalue weighted by atomic mass is 9.84. The second-order valence-corrected chi connectivity index (χ2v) is 4.88. The molecule has 0 saturated carbocycles. The summed E-state index contributed by atoms with van der Waals surface area (Å²) in [5.41, 5.74) is 0. The molecule has 0 aromatic carbocycles. The fourth-order valence-corrected chi connectivity index (χ4v) is 2.38. The van der Waals surface area contributed by atoms with E-state index >= 15 is 0 Å². The smallest absolute Gasteiger partial charge is 0.133 e. The summed E-state index contributed by atoms with van der Waals surface area (Å²) >= 11 is 0. The lowest BCUT2D eigenvalue weighted by Gasteiger charge is -2.27. The number of carbonyl (C=O) groups excluding carboxylic acids is 1. The fourth-order valence-electron chi connectivity index (χ4n) is 2.38. The van der Waals surface area contributed by atoms with E-state index in [-0.39, 0.29) is 0 Å². The minimum Gasteiger partial charge on any atom is -0.316 e. The Balaban J connectivity index is 2.19. The van der Waals surface area contributed by atoms with E-state index in [0.29, 0.717) is 24.0 Å². The quantitative estimate of drug-likeness (QED) is 0.551. The van der Waals surface area contributed by atoms with Gasteiger partial charge in [0.05, 0.1) is 0 Å². The number of Topliss-reactive ketones (excluding diaryl/α,β-unsaturated/α-hetero) is 1. The summed E-state index contributed by atoms with van der Waals surface area (Å²) in [5, 5.41) is 3.40. The number of carbonyl (C=O) groups is 1. The third-order valence-corrected chi connectivity index (χ3v) is 3.47. The summed E-state index contributed by atoms with van der Waals surface area (Å²) in [5.74, 6) is 4.17. The van der Waals surface area contributed by atoms with Gasteiger partial charge in [0.25, 0.3) is 0 Å². The van der Waals surface area contributed by atoms with E-state index in [1.165, 1.54) is 12.8 Å². The molecule has 0 aliphatic carbocycles. The van der Waals surface area contributed by atoms with Gasteiger partial charge in [-0.25, -0.2) is 0 Å². The molecule has 2 nitrogen and oxygen atoms in total. The van der Waals surface area contributed by atoms with Crippen molar-refractivity contribution in [1.29, 1.82) is 0 Å². The molecule has 1 saturated heterocycles. The fraction of sp³-hybridized carbons (Fsp3) is 0.786. The molecule has 1 N–H and O–H groups in total. The molecule has 0 bridgehead atoms. The zero-order valence-corrected chi connectivity index (χ0v) is 10.3. The van der Waals surface area contributed by atoms with Gasteiger partial charge in [0.15, 0.2) is 0 Å². The van der Waals surface area contributed by atoms with Crippen LogP contribution in [0.5, 0.6) is 0 Å². The second-order valence-electron chi connectivity index (χ2n) is 4.88. The van der Waals surface area contributed by atoms with Crippen LogP contribution in [-0.2, 0) is 4.79 Å². The van der Waals surface area contributed by atoms with Gasteiger partial charge in [-0.2, -0.15) is 0 Å². The summed E-state index contributed by atoms with van der Waals surface area (Å²) < 4.78 is 0. The van der Waals surface area contributed by atoms with Gasteiger partial charge in [-0.05, 0) is 44.2 Å². The van der Waals surface area contributed by atoms with E-state index in [1.807, 2.05) is 0 Å². The molecule has 16 heavy (non-hydrogen) atoms. The Bertz CT molecular complexity index is 248. The van der Waals surface area contributed by atoms with Crippen LogP contribution in [-0.4, -0.2) is 18.9 Å². The molecular weight excluding hydrogens is 198 g/mol. The highest BCUT2D eigenvalue weighted by atomic mass is 16.1. The molecule has 2 atom stereocenters. The summed E-state index contributed by atoms with van der Waals surface area (Å²) in [4.78, 5) is 11.7. The Labute approximate surface area is 99.2 Å². The number of hydrogen-bond donors (Lipinski definition) is 1. The van der Waals surface area contributed by atoms with Crippen molar-refractivity contribution in [3.8, 4) is 12.3 Å². The van der Waals surface area contributed by atoms with Crippen molar-refractivity contribution in [2.45, 2.75) is 45.4 Å². The Kier molecular flexibility index (Phi) is 6.18. The third kappa shape index (κ3) is 4.81. The summed E-state index contributed by atoms with van der Waals surface area (Å²) in [7, 11) is 0. The summed E-state index contributed by atoms with van der Waals surface area (Å²) in [6.07, 6.45) is 10.7. The highest BCUT2D eigenvalue weighted by Crippen LogP contribution is 2.23. The number of rotatable bonds is 6. The Hall–Kier alpha value is -0.810. The van der Waals surface area contributed by atoms with E-state index in [2.05, 4.69) is 18.2 Å². The first kappa shape index (κ1) is 13.3. The minimum absolute atomic E-state index is 0.383. The van der Waals surface area contributed by atoms with E-state index in [9.17, 15) is 4.79 Å². The van der Waals surface area contributed by atoms with Crippen LogP contribution in [0.2, 0.25) is 0 Å². The Morgan fingerprint density at radius 3 is 3.06 bits per heavy atom. The van der Waals surface area contributed by atoms with E-state index in [1.54, 1.807) is 0 Å². The van der Waals surface area contributed by atoms with E-state index < -0.39 is 0 Å². The average Bonchev–Trinajstić information content (AvgIpc) is 2.30.